The van der Waals surface area contributed by atoms with E-state index in [4.69, 9.17) is 11.6 Å². The first kappa shape index (κ1) is 24.8. The fraction of sp³-hybridized carbons (Fsp3) is 0.222. The second-order valence-electron chi connectivity index (χ2n) is 8.14. The lowest BCUT2D eigenvalue weighted by Crippen LogP contribution is -2.45. The number of hydrogen-bond donors (Lipinski definition) is 0. The molecule has 0 radical (unpaired) electrons. The van der Waals surface area contributed by atoms with E-state index in [9.17, 15) is 4.79 Å². The molecule has 1 aliphatic rings. The number of amides is 1. The number of rotatable bonds is 6. The summed E-state index contributed by atoms with van der Waals surface area (Å²) in [6.45, 7) is 8.43. The number of carbonyl (C=O) groups is 1. The second-order valence-corrected chi connectivity index (χ2v) is 8.58. The highest BCUT2D eigenvalue weighted by atomic mass is 35.5. The Labute approximate surface area is 207 Å². The van der Waals surface area contributed by atoms with Gasteiger partial charge in [0.25, 0.3) is 5.91 Å². The van der Waals surface area contributed by atoms with Crippen LogP contribution in [0.1, 0.15) is 11.1 Å². The Hall–Kier alpha value is -2.79. The third kappa shape index (κ3) is 5.97. The van der Waals surface area contributed by atoms with Gasteiger partial charge in [-0.25, -0.2) is 0 Å². The quantitative estimate of drug-likeness (QED) is 0.418. The van der Waals surface area contributed by atoms with E-state index in [-0.39, 0.29) is 18.3 Å². The SMILES string of the molecule is C=C(C(=O)N(Cc1ccc(Cl)cc1)c1ccccc1N1CCN(C)CC1)c1ccccc1.Cl. The summed E-state index contributed by atoms with van der Waals surface area (Å²) in [4.78, 5) is 20.3. The zero-order valence-electron chi connectivity index (χ0n) is 18.8. The molecule has 0 aromatic heterocycles. The lowest BCUT2D eigenvalue weighted by molar-refractivity contribution is -0.113. The third-order valence-electron chi connectivity index (χ3n) is 5.90. The molecule has 3 aromatic carbocycles. The van der Waals surface area contributed by atoms with Crippen LogP contribution in [0, 0.1) is 0 Å². The number of carbonyl (C=O) groups excluding carboxylic acids is 1. The van der Waals surface area contributed by atoms with Gasteiger partial charge in [-0.05, 0) is 42.4 Å². The van der Waals surface area contributed by atoms with Crippen LogP contribution in [0.4, 0.5) is 11.4 Å². The molecule has 4 rings (SSSR count). The first-order valence-electron chi connectivity index (χ1n) is 10.9. The van der Waals surface area contributed by atoms with E-state index in [1.165, 1.54) is 0 Å². The van der Waals surface area contributed by atoms with Crippen LogP contribution < -0.4 is 9.80 Å². The van der Waals surface area contributed by atoms with Gasteiger partial charge in [0.15, 0.2) is 0 Å². The Bertz CT molecular complexity index is 1080. The first-order chi connectivity index (χ1) is 15.5. The fourth-order valence-corrected chi connectivity index (χ4v) is 4.10. The molecular formula is C27H29Cl2N3O. The summed E-state index contributed by atoms with van der Waals surface area (Å²) in [5.41, 5.74) is 4.29. The Morgan fingerprint density at radius 1 is 0.909 bits per heavy atom. The van der Waals surface area contributed by atoms with Gasteiger partial charge in [-0.2, -0.15) is 0 Å². The maximum atomic E-state index is 13.8. The molecule has 1 aliphatic heterocycles. The van der Waals surface area contributed by atoms with Crippen molar-refractivity contribution in [3.05, 3.63) is 102 Å². The molecule has 33 heavy (non-hydrogen) atoms. The molecule has 0 aliphatic carbocycles. The van der Waals surface area contributed by atoms with Crippen molar-refractivity contribution in [3.63, 3.8) is 0 Å². The van der Waals surface area contributed by atoms with Crippen molar-refractivity contribution in [2.45, 2.75) is 6.54 Å². The van der Waals surface area contributed by atoms with Crippen molar-refractivity contribution >= 4 is 46.9 Å². The van der Waals surface area contributed by atoms with Crippen molar-refractivity contribution in [1.29, 1.82) is 0 Å². The highest BCUT2D eigenvalue weighted by Crippen LogP contribution is 2.33. The van der Waals surface area contributed by atoms with Crippen molar-refractivity contribution < 1.29 is 4.79 Å². The number of piperazine rings is 1. The lowest BCUT2D eigenvalue weighted by atomic mass is 10.0. The highest BCUT2D eigenvalue weighted by Gasteiger charge is 2.25. The van der Waals surface area contributed by atoms with Gasteiger partial charge in [0, 0.05) is 36.8 Å². The predicted molar refractivity (Wildman–Crippen MR) is 142 cm³/mol. The average molecular weight is 482 g/mol. The van der Waals surface area contributed by atoms with Gasteiger partial charge in [0.05, 0.1) is 17.9 Å². The van der Waals surface area contributed by atoms with E-state index in [0.29, 0.717) is 17.1 Å². The maximum absolute atomic E-state index is 13.8. The van der Waals surface area contributed by atoms with E-state index in [2.05, 4.69) is 29.5 Å². The van der Waals surface area contributed by atoms with Crippen molar-refractivity contribution in [1.82, 2.24) is 4.90 Å². The second kappa shape index (κ2) is 11.4. The number of benzene rings is 3. The maximum Gasteiger partial charge on any atom is 0.258 e. The summed E-state index contributed by atoms with van der Waals surface area (Å²) in [5, 5.41) is 0.679. The van der Waals surface area contributed by atoms with Crippen LogP contribution in [0.3, 0.4) is 0 Å². The number of hydrogen-bond acceptors (Lipinski definition) is 3. The highest BCUT2D eigenvalue weighted by molar-refractivity contribution is 6.30. The van der Waals surface area contributed by atoms with Gasteiger partial charge in [-0.1, -0.05) is 72.8 Å². The van der Waals surface area contributed by atoms with Crippen LogP contribution in [0.25, 0.3) is 5.57 Å². The molecule has 6 heteroatoms. The van der Waals surface area contributed by atoms with E-state index in [0.717, 1.165) is 48.7 Å². The van der Waals surface area contributed by atoms with E-state index < -0.39 is 0 Å². The summed E-state index contributed by atoms with van der Waals surface area (Å²) in [7, 11) is 2.14. The summed E-state index contributed by atoms with van der Waals surface area (Å²) < 4.78 is 0. The van der Waals surface area contributed by atoms with E-state index in [1.54, 1.807) is 0 Å². The van der Waals surface area contributed by atoms with Crippen molar-refractivity contribution in [3.8, 4) is 0 Å². The van der Waals surface area contributed by atoms with Gasteiger partial charge >= 0.3 is 0 Å². The standard InChI is InChI=1S/C27H28ClN3O.ClH/c1-21(23-8-4-3-5-9-23)27(32)31(20-22-12-14-24(28)15-13-22)26-11-7-6-10-25(26)30-18-16-29(2)17-19-30;/h3-15H,1,16-20H2,2H3;1H. The molecule has 1 saturated heterocycles. The molecule has 1 fully saturated rings. The van der Waals surface area contributed by atoms with Crippen LogP contribution in [0.15, 0.2) is 85.4 Å². The molecule has 0 atom stereocenters. The number of likely N-dealkylation sites (N-methyl/N-ethyl adjacent to an activating group) is 1. The molecule has 1 heterocycles. The molecule has 0 bridgehead atoms. The van der Waals surface area contributed by atoms with Crippen molar-refractivity contribution in [2.24, 2.45) is 0 Å². The largest absolute Gasteiger partial charge is 0.367 e. The smallest absolute Gasteiger partial charge is 0.258 e. The van der Waals surface area contributed by atoms with Crippen LogP contribution >= 0.6 is 24.0 Å². The Kier molecular flexibility index (Phi) is 8.56. The van der Waals surface area contributed by atoms with Crippen LogP contribution in [0.5, 0.6) is 0 Å². The molecule has 0 spiro atoms. The summed E-state index contributed by atoms with van der Waals surface area (Å²) >= 11 is 6.09. The number of para-hydroxylation sites is 2. The number of anilines is 2. The fourth-order valence-electron chi connectivity index (χ4n) is 3.97. The number of halogens is 2. The Balaban J connectivity index is 0.00000306. The lowest BCUT2D eigenvalue weighted by Gasteiger charge is -2.37. The Morgan fingerprint density at radius 3 is 2.18 bits per heavy atom. The minimum Gasteiger partial charge on any atom is -0.367 e. The minimum atomic E-state index is -0.104. The average Bonchev–Trinajstić information content (AvgIpc) is 2.84. The van der Waals surface area contributed by atoms with Gasteiger partial charge in [-0.3, -0.25) is 4.79 Å². The van der Waals surface area contributed by atoms with Crippen LogP contribution in [-0.4, -0.2) is 44.0 Å². The van der Waals surface area contributed by atoms with Gasteiger partial charge in [-0.15, -0.1) is 12.4 Å². The third-order valence-corrected chi connectivity index (χ3v) is 6.15. The molecule has 3 aromatic rings. The number of nitrogens with zero attached hydrogens (tertiary/aromatic N) is 3. The molecule has 0 N–H and O–H groups in total. The summed E-state index contributed by atoms with van der Waals surface area (Å²) in [6, 6.07) is 25.4. The summed E-state index contributed by atoms with van der Waals surface area (Å²) in [6.07, 6.45) is 0. The van der Waals surface area contributed by atoms with Gasteiger partial charge in [0.2, 0.25) is 0 Å². The van der Waals surface area contributed by atoms with Gasteiger partial charge < -0.3 is 14.7 Å². The normalized spacial score (nSPS) is 13.8. The van der Waals surface area contributed by atoms with E-state index >= 15 is 0 Å². The molecule has 172 valence electrons. The van der Waals surface area contributed by atoms with Gasteiger partial charge in [0.1, 0.15) is 0 Å². The molecule has 0 saturated carbocycles. The molecular weight excluding hydrogens is 453 g/mol. The summed E-state index contributed by atoms with van der Waals surface area (Å²) in [5.74, 6) is -0.104. The molecule has 0 unspecified atom stereocenters. The zero-order valence-corrected chi connectivity index (χ0v) is 20.4. The predicted octanol–water partition coefficient (Wildman–Crippen LogP) is 5.76. The van der Waals surface area contributed by atoms with Crippen LogP contribution in [-0.2, 0) is 11.3 Å². The zero-order chi connectivity index (χ0) is 22.5. The molecule has 4 nitrogen and oxygen atoms in total. The monoisotopic (exact) mass is 481 g/mol. The topological polar surface area (TPSA) is 26.8 Å². The molecule has 1 amide bonds. The first-order valence-corrected chi connectivity index (χ1v) is 11.2. The van der Waals surface area contributed by atoms with Crippen LogP contribution in [0.2, 0.25) is 5.02 Å². The van der Waals surface area contributed by atoms with E-state index in [1.807, 2.05) is 77.7 Å². The van der Waals surface area contributed by atoms with Crippen molar-refractivity contribution in [2.75, 3.05) is 43.0 Å². The minimum absolute atomic E-state index is 0. The Morgan fingerprint density at radius 2 is 1.52 bits per heavy atom.